The zero-order chi connectivity index (χ0) is 18.9. The van der Waals surface area contributed by atoms with Gasteiger partial charge in [0.2, 0.25) is 5.95 Å². The molecule has 3 aromatic heterocycles. The summed E-state index contributed by atoms with van der Waals surface area (Å²) in [6, 6.07) is 7.97. The lowest BCUT2D eigenvalue weighted by molar-refractivity contribution is 0.122. The fourth-order valence-corrected chi connectivity index (χ4v) is 3.28. The van der Waals surface area contributed by atoms with Crippen molar-refractivity contribution in [3.63, 3.8) is 0 Å². The van der Waals surface area contributed by atoms with E-state index in [0.717, 1.165) is 54.4 Å². The highest BCUT2D eigenvalue weighted by Gasteiger charge is 2.15. The van der Waals surface area contributed by atoms with E-state index in [-0.39, 0.29) is 5.95 Å². The number of imidazole rings is 1. The molecule has 1 aliphatic heterocycles. The van der Waals surface area contributed by atoms with Gasteiger partial charge >= 0.3 is 0 Å². The maximum Gasteiger partial charge on any atom is 0.221 e. The minimum absolute atomic E-state index is 0.203. The van der Waals surface area contributed by atoms with E-state index < -0.39 is 0 Å². The van der Waals surface area contributed by atoms with Crippen LogP contribution in [0.25, 0.3) is 22.6 Å². The quantitative estimate of drug-likeness (QED) is 0.424. The number of rotatable bonds is 4. The number of aromatic amines is 2. The molecule has 0 spiro atoms. The molecule has 4 heterocycles. The molecule has 10 heteroatoms. The first-order chi connectivity index (χ1) is 13.8. The van der Waals surface area contributed by atoms with Gasteiger partial charge in [0.1, 0.15) is 11.5 Å². The van der Waals surface area contributed by atoms with Gasteiger partial charge in [-0.2, -0.15) is 10.1 Å². The Morgan fingerprint density at radius 1 is 1.14 bits per heavy atom. The molecule has 4 aromatic rings. The Balaban J connectivity index is 1.46. The molecular weight excluding hydrogens is 358 g/mol. The molecule has 0 radical (unpaired) electrons. The number of benzene rings is 1. The summed E-state index contributed by atoms with van der Waals surface area (Å²) in [7, 11) is 0. The largest absolute Gasteiger partial charge is 0.378 e. The zero-order valence-corrected chi connectivity index (χ0v) is 15.0. The standard InChI is InChI=1S/C18H19N9O/c19-18-20-4-3-15(25-18)22-14-10-21-26-16(14)17-23-12-2-1-11(9-13(12)24-17)27-5-7-28-8-6-27/h1-4,9-10H,5-8H2,(H,21,26)(H,23,24)(H3,19,20,22,25). The Hall–Kier alpha value is -3.66. The van der Waals surface area contributed by atoms with Crippen LogP contribution in [-0.4, -0.2) is 56.4 Å². The average molecular weight is 377 g/mol. The number of nitrogens with zero attached hydrogens (tertiary/aromatic N) is 5. The highest BCUT2D eigenvalue weighted by Crippen LogP contribution is 2.29. The van der Waals surface area contributed by atoms with Crippen molar-refractivity contribution in [3.05, 3.63) is 36.7 Å². The average Bonchev–Trinajstić information content (AvgIpc) is 3.34. The number of anilines is 4. The van der Waals surface area contributed by atoms with E-state index in [1.54, 1.807) is 18.5 Å². The van der Waals surface area contributed by atoms with Crippen LogP contribution in [0.1, 0.15) is 0 Å². The van der Waals surface area contributed by atoms with Crippen LogP contribution in [0.3, 0.4) is 0 Å². The van der Waals surface area contributed by atoms with Gasteiger partial charge in [-0.25, -0.2) is 9.97 Å². The summed E-state index contributed by atoms with van der Waals surface area (Å²) in [5, 5.41) is 10.3. The Kier molecular flexibility index (Phi) is 4.02. The van der Waals surface area contributed by atoms with Gasteiger partial charge in [0.25, 0.3) is 0 Å². The number of hydrogen-bond donors (Lipinski definition) is 4. The summed E-state index contributed by atoms with van der Waals surface area (Å²) in [5.41, 5.74) is 10.1. The summed E-state index contributed by atoms with van der Waals surface area (Å²) < 4.78 is 5.43. The van der Waals surface area contributed by atoms with Crippen molar-refractivity contribution < 1.29 is 4.74 Å². The fraction of sp³-hybridized carbons (Fsp3) is 0.222. The Morgan fingerprint density at radius 3 is 2.89 bits per heavy atom. The van der Waals surface area contributed by atoms with Crippen molar-refractivity contribution >= 4 is 34.2 Å². The second-order valence-corrected chi connectivity index (χ2v) is 6.47. The Morgan fingerprint density at radius 2 is 2.04 bits per heavy atom. The van der Waals surface area contributed by atoms with Gasteiger partial charge in [-0.15, -0.1) is 0 Å². The lowest BCUT2D eigenvalue weighted by Crippen LogP contribution is -2.36. The second kappa shape index (κ2) is 6.82. The summed E-state index contributed by atoms with van der Waals surface area (Å²) in [4.78, 5) is 18.4. The SMILES string of the molecule is Nc1nccc(Nc2cn[nH]c2-c2nc3ccc(N4CCOCC4)cc3[nH]2)n1. The molecule has 0 unspecified atom stereocenters. The predicted octanol–water partition coefficient (Wildman–Crippen LogP) is 1.91. The topological polar surface area (TPSA) is 134 Å². The first-order valence-electron chi connectivity index (χ1n) is 8.98. The molecule has 0 amide bonds. The van der Waals surface area contributed by atoms with E-state index >= 15 is 0 Å². The summed E-state index contributed by atoms with van der Waals surface area (Å²) in [6.45, 7) is 3.29. The molecule has 1 aromatic carbocycles. The normalized spacial score (nSPS) is 14.5. The van der Waals surface area contributed by atoms with E-state index in [4.69, 9.17) is 15.5 Å². The van der Waals surface area contributed by atoms with Crippen molar-refractivity contribution in [1.29, 1.82) is 0 Å². The van der Waals surface area contributed by atoms with Crippen LogP contribution in [-0.2, 0) is 4.74 Å². The summed E-state index contributed by atoms with van der Waals surface area (Å²) in [5.74, 6) is 1.48. The lowest BCUT2D eigenvalue weighted by Gasteiger charge is -2.28. The molecule has 5 rings (SSSR count). The van der Waals surface area contributed by atoms with Gasteiger partial charge in [-0.3, -0.25) is 5.10 Å². The Bertz CT molecular complexity index is 1110. The zero-order valence-electron chi connectivity index (χ0n) is 15.0. The van der Waals surface area contributed by atoms with Crippen LogP contribution in [0, 0.1) is 0 Å². The highest BCUT2D eigenvalue weighted by atomic mass is 16.5. The maximum absolute atomic E-state index is 5.65. The van der Waals surface area contributed by atoms with Crippen LogP contribution in [0.2, 0.25) is 0 Å². The van der Waals surface area contributed by atoms with Crippen molar-refractivity contribution in [2.75, 3.05) is 42.3 Å². The molecule has 0 bridgehead atoms. The number of fused-ring (bicyclic) bond motifs is 1. The summed E-state index contributed by atoms with van der Waals surface area (Å²) in [6.07, 6.45) is 3.28. The number of morpholine rings is 1. The number of aromatic nitrogens is 6. The van der Waals surface area contributed by atoms with Crippen molar-refractivity contribution in [2.24, 2.45) is 0 Å². The third-order valence-corrected chi connectivity index (χ3v) is 4.65. The van der Waals surface area contributed by atoms with E-state index in [0.29, 0.717) is 11.6 Å². The van der Waals surface area contributed by atoms with Crippen molar-refractivity contribution in [1.82, 2.24) is 30.1 Å². The molecular formula is C18H19N9O. The van der Waals surface area contributed by atoms with Crippen LogP contribution in [0.4, 0.5) is 23.1 Å². The van der Waals surface area contributed by atoms with Gasteiger partial charge in [-0.1, -0.05) is 0 Å². The van der Waals surface area contributed by atoms with Gasteiger partial charge < -0.3 is 25.7 Å². The van der Waals surface area contributed by atoms with Gasteiger partial charge in [0.15, 0.2) is 5.82 Å². The molecule has 142 valence electrons. The number of H-pyrrole nitrogens is 2. The number of nitrogens with two attached hydrogens (primary N) is 1. The first-order valence-corrected chi connectivity index (χ1v) is 8.98. The van der Waals surface area contributed by atoms with E-state index in [9.17, 15) is 0 Å². The second-order valence-electron chi connectivity index (χ2n) is 6.47. The smallest absolute Gasteiger partial charge is 0.221 e. The molecule has 1 fully saturated rings. The van der Waals surface area contributed by atoms with E-state index in [1.165, 1.54) is 0 Å². The minimum Gasteiger partial charge on any atom is -0.378 e. The van der Waals surface area contributed by atoms with Crippen molar-refractivity contribution in [3.8, 4) is 11.5 Å². The lowest BCUT2D eigenvalue weighted by atomic mass is 10.2. The van der Waals surface area contributed by atoms with Gasteiger partial charge in [0, 0.05) is 25.0 Å². The molecule has 1 aliphatic rings. The third kappa shape index (κ3) is 3.09. The number of ether oxygens (including phenoxy) is 1. The highest BCUT2D eigenvalue weighted by molar-refractivity contribution is 5.84. The Labute approximate surface area is 160 Å². The molecule has 5 N–H and O–H groups in total. The number of nitrogens with one attached hydrogen (secondary N) is 3. The monoisotopic (exact) mass is 377 g/mol. The van der Waals surface area contributed by atoms with Crippen LogP contribution < -0.4 is 16.0 Å². The van der Waals surface area contributed by atoms with E-state index in [2.05, 4.69) is 47.5 Å². The van der Waals surface area contributed by atoms with Crippen LogP contribution >= 0.6 is 0 Å². The molecule has 0 atom stereocenters. The number of hydrogen-bond acceptors (Lipinski definition) is 8. The predicted molar refractivity (Wildman–Crippen MR) is 106 cm³/mol. The minimum atomic E-state index is 0.203. The molecule has 1 saturated heterocycles. The molecule has 28 heavy (non-hydrogen) atoms. The van der Waals surface area contributed by atoms with E-state index in [1.807, 2.05) is 6.07 Å². The number of nitrogen functional groups attached to an aromatic ring is 1. The first kappa shape index (κ1) is 16.5. The van der Waals surface area contributed by atoms with Crippen LogP contribution in [0.5, 0.6) is 0 Å². The fourth-order valence-electron chi connectivity index (χ4n) is 3.28. The molecule has 0 saturated carbocycles. The molecule has 0 aliphatic carbocycles. The van der Waals surface area contributed by atoms with Crippen LogP contribution in [0.15, 0.2) is 36.7 Å². The maximum atomic E-state index is 5.65. The third-order valence-electron chi connectivity index (χ3n) is 4.65. The van der Waals surface area contributed by atoms with Gasteiger partial charge in [-0.05, 0) is 24.3 Å². The molecule has 10 nitrogen and oxygen atoms in total. The van der Waals surface area contributed by atoms with Crippen molar-refractivity contribution in [2.45, 2.75) is 0 Å². The summed E-state index contributed by atoms with van der Waals surface area (Å²) >= 11 is 0. The van der Waals surface area contributed by atoms with Gasteiger partial charge in [0.05, 0.1) is 36.1 Å².